The van der Waals surface area contributed by atoms with Crippen LogP contribution in [0.5, 0.6) is 0 Å². The molecular formula is C10H13NO2S. The van der Waals surface area contributed by atoms with Gasteiger partial charge in [-0.05, 0) is 23.9 Å². The Bertz CT molecular complexity index is 342. The van der Waals surface area contributed by atoms with Crippen LogP contribution < -0.4 is 0 Å². The van der Waals surface area contributed by atoms with Gasteiger partial charge in [-0.3, -0.25) is 4.79 Å². The topological polar surface area (TPSA) is 40.5 Å². The van der Waals surface area contributed by atoms with E-state index in [0.717, 1.165) is 10.4 Å². The summed E-state index contributed by atoms with van der Waals surface area (Å²) in [5.41, 5.74) is 1.14. The fourth-order valence-electron chi connectivity index (χ4n) is 1.55. The van der Waals surface area contributed by atoms with Gasteiger partial charge in [-0.1, -0.05) is 0 Å². The van der Waals surface area contributed by atoms with E-state index >= 15 is 0 Å². The summed E-state index contributed by atoms with van der Waals surface area (Å²) in [5.74, 6) is 0.396. The van der Waals surface area contributed by atoms with Crippen molar-refractivity contribution in [3.8, 4) is 0 Å². The number of carbonyl (C=O) groups excluding carboxylic acids is 1. The molecule has 0 saturated carbocycles. The van der Waals surface area contributed by atoms with Crippen LogP contribution in [0, 0.1) is 12.8 Å². The van der Waals surface area contributed by atoms with Crippen LogP contribution in [0.3, 0.4) is 0 Å². The molecule has 1 aromatic heterocycles. The summed E-state index contributed by atoms with van der Waals surface area (Å²) in [7, 11) is 0. The molecule has 1 N–H and O–H groups in total. The van der Waals surface area contributed by atoms with Gasteiger partial charge in [0.1, 0.15) is 0 Å². The zero-order valence-electron chi connectivity index (χ0n) is 8.06. The zero-order valence-corrected chi connectivity index (χ0v) is 8.88. The molecule has 0 atom stereocenters. The minimum atomic E-state index is 0.104. The number of hydrogen-bond acceptors (Lipinski definition) is 3. The second kappa shape index (κ2) is 3.71. The van der Waals surface area contributed by atoms with E-state index in [-0.39, 0.29) is 12.5 Å². The van der Waals surface area contributed by atoms with Crippen molar-refractivity contribution in [3.63, 3.8) is 0 Å². The highest BCUT2D eigenvalue weighted by Gasteiger charge is 2.30. The Labute approximate surface area is 87.0 Å². The molecule has 0 radical (unpaired) electrons. The van der Waals surface area contributed by atoms with Gasteiger partial charge in [0.05, 0.1) is 4.88 Å². The highest BCUT2D eigenvalue weighted by atomic mass is 32.1. The van der Waals surface area contributed by atoms with Gasteiger partial charge in [-0.2, -0.15) is 0 Å². The second-order valence-electron chi connectivity index (χ2n) is 3.75. The molecule has 0 aliphatic carbocycles. The third-order valence-corrected chi connectivity index (χ3v) is 3.48. The van der Waals surface area contributed by atoms with Gasteiger partial charge < -0.3 is 10.0 Å². The molecule has 0 spiro atoms. The maximum absolute atomic E-state index is 11.8. The van der Waals surface area contributed by atoms with Crippen LogP contribution in [0.25, 0.3) is 0 Å². The summed E-state index contributed by atoms with van der Waals surface area (Å²) >= 11 is 1.49. The molecule has 3 nitrogen and oxygen atoms in total. The Hall–Kier alpha value is -0.870. The summed E-state index contributed by atoms with van der Waals surface area (Å²) in [6, 6.07) is 1.92. The third-order valence-electron chi connectivity index (χ3n) is 2.44. The van der Waals surface area contributed by atoms with Gasteiger partial charge in [0, 0.05) is 25.6 Å². The summed E-state index contributed by atoms with van der Waals surface area (Å²) in [5, 5.41) is 10.8. The zero-order chi connectivity index (χ0) is 10.1. The number of aryl methyl sites for hydroxylation is 1. The van der Waals surface area contributed by atoms with Gasteiger partial charge >= 0.3 is 0 Å². The SMILES string of the molecule is Cc1csc(C(=O)N2CC(CO)C2)c1. The smallest absolute Gasteiger partial charge is 0.263 e. The molecule has 1 aliphatic heterocycles. The van der Waals surface area contributed by atoms with Crippen LogP contribution in [0.2, 0.25) is 0 Å². The number of thiophene rings is 1. The summed E-state index contributed by atoms with van der Waals surface area (Å²) < 4.78 is 0. The predicted octanol–water partition coefficient (Wildman–Crippen LogP) is 1.12. The Balaban J connectivity index is 1.97. The van der Waals surface area contributed by atoms with E-state index in [4.69, 9.17) is 5.11 Å². The average molecular weight is 211 g/mol. The van der Waals surface area contributed by atoms with Crippen molar-refractivity contribution in [3.05, 3.63) is 21.9 Å². The molecule has 4 heteroatoms. The lowest BCUT2D eigenvalue weighted by molar-refractivity contribution is 0.0366. The Morgan fingerprint density at radius 1 is 1.71 bits per heavy atom. The standard InChI is InChI=1S/C10H13NO2S/c1-7-2-9(14-6-7)10(13)11-3-8(4-11)5-12/h2,6,8,12H,3-5H2,1H3. The first-order valence-electron chi connectivity index (χ1n) is 4.66. The lowest BCUT2D eigenvalue weighted by Crippen LogP contribution is -2.51. The van der Waals surface area contributed by atoms with Crippen LogP contribution in [0.15, 0.2) is 11.4 Å². The molecule has 1 aliphatic rings. The fraction of sp³-hybridized carbons (Fsp3) is 0.500. The Morgan fingerprint density at radius 2 is 2.43 bits per heavy atom. The van der Waals surface area contributed by atoms with Crippen molar-refractivity contribution in [2.24, 2.45) is 5.92 Å². The number of rotatable bonds is 2. The maximum atomic E-state index is 11.8. The fourth-order valence-corrected chi connectivity index (χ4v) is 2.42. The van der Waals surface area contributed by atoms with Crippen molar-refractivity contribution in [2.45, 2.75) is 6.92 Å². The van der Waals surface area contributed by atoms with Crippen LogP contribution in [0.1, 0.15) is 15.2 Å². The predicted molar refractivity (Wildman–Crippen MR) is 55.5 cm³/mol. The number of hydrogen-bond donors (Lipinski definition) is 1. The van der Waals surface area contributed by atoms with Crippen LogP contribution in [0.4, 0.5) is 0 Å². The summed E-state index contributed by atoms with van der Waals surface area (Å²) in [6.45, 7) is 3.58. The quantitative estimate of drug-likeness (QED) is 0.796. The van der Waals surface area contributed by atoms with Gasteiger partial charge in [-0.25, -0.2) is 0 Å². The molecule has 76 valence electrons. The molecule has 1 aromatic rings. The number of likely N-dealkylation sites (tertiary alicyclic amines) is 1. The summed E-state index contributed by atoms with van der Waals surface area (Å²) in [4.78, 5) is 14.3. The van der Waals surface area contributed by atoms with Crippen LogP contribution >= 0.6 is 11.3 Å². The second-order valence-corrected chi connectivity index (χ2v) is 4.66. The molecule has 1 saturated heterocycles. The van der Waals surface area contributed by atoms with Crippen LogP contribution in [-0.2, 0) is 0 Å². The van der Waals surface area contributed by atoms with Crippen molar-refractivity contribution < 1.29 is 9.90 Å². The Morgan fingerprint density at radius 3 is 2.93 bits per heavy atom. The summed E-state index contributed by atoms with van der Waals surface area (Å²) in [6.07, 6.45) is 0. The number of carbonyl (C=O) groups is 1. The lowest BCUT2D eigenvalue weighted by Gasteiger charge is -2.37. The van der Waals surface area contributed by atoms with E-state index in [0.29, 0.717) is 19.0 Å². The molecule has 14 heavy (non-hydrogen) atoms. The van der Waals surface area contributed by atoms with Gasteiger partial charge in [-0.15, -0.1) is 11.3 Å². The third kappa shape index (κ3) is 1.67. The van der Waals surface area contributed by atoms with E-state index in [1.807, 2.05) is 18.4 Å². The monoisotopic (exact) mass is 211 g/mol. The van der Waals surface area contributed by atoms with E-state index in [1.54, 1.807) is 4.90 Å². The van der Waals surface area contributed by atoms with E-state index in [9.17, 15) is 4.79 Å². The van der Waals surface area contributed by atoms with E-state index in [1.165, 1.54) is 11.3 Å². The lowest BCUT2D eigenvalue weighted by atomic mass is 10.0. The molecule has 0 aromatic carbocycles. The van der Waals surface area contributed by atoms with Crippen molar-refractivity contribution in [1.82, 2.24) is 4.90 Å². The first kappa shape index (κ1) is 9.68. The minimum Gasteiger partial charge on any atom is -0.396 e. The number of aliphatic hydroxyl groups is 1. The molecule has 0 bridgehead atoms. The normalized spacial score (nSPS) is 16.9. The van der Waals surface area contributed by atoms with E-state index in [2.05, 4.69) is 0 Å². The van der Waals surface area contributed by atoms with Gasteiger partial charge in [0.25, 0.3) is 5.91 Å². The molecule has 0 unspecified atom stereocenters. The molecule has 1 amide bonds. The maximum Gasteiger partial charge on any atom is 0.263 e. The molecule has 2 heterocycles. The average Bonchev–Trinajstić information content (AvgIpc) is 2.49. The van der Waals surface area contributed by atoms with E-state index < -0.39 is 0 Å². The molecule has 2 rings (SSSR count). The molecule has 1 fully saturated rings. The highest BCUT2D eigenvalue weighted by molar-refractivity contribution is 7.12. The Kier molecular flexibility index (Phi) is 2.56. The first-order valence-corrected chi connectivity index (χ1v) is 5.54. The minimum absolute atomic E-state index is 0.104. The van der Waals surface area contributed by atoms with Crippen molar-refractivity contribution in [2.75, 3.05) is 19.7 Å². The van der Waals surface area contributed by atoms with Crippen LogP contribution in [-0.4, -0.2) is 35.6 Å². The largest absolute Gasteiger partial charge is 0.396 e. The van der Waals surface area contributed by atoms with Crippen molar-refractivity contribution in [1.29, 1.82) is 0 Å². The number of nitrogens with zero attached hydrogens (tertiary/aromatic N) is 1. The first-order chi connectivity index (χ1) is 6.70. The highest BCUT2D eigenvalue weighted by Crippen LogP contribution is 2.21. The molecular weight excluding hydrogens is 198 g/mol. The number of aliphatic hydroxyl groups excluding tert-OH is 1. The van der Waals surface area contributed by atoms with Gasteiger partial charge in [0.2, 0.25) is 0 Å². The van der Waals surface area contributed by atoms with Gasteiger partial charge in [0.15, 0.2) is 0 Å². The van der Waals surface area contributed by atoms with Crippen molar-refractivity contribution >= 4 is 17.2 Å². The number of amides is 1.